The predicted molar refractivity (Wildman–Crippen MR) is 81.5 cm³/mol. The highest BCUT2D eigenvalue weighted by Crippen LogP contribution is 2.16. The molecule has 0 aromatic heterocycles. The molecule has 1 aliphatic heterocycles. The van der Waals surface area contributed by atoms with Gasteiger partial charge in [-0.15, -0.1) is 0 Å². The number of primary amides is 1. The number of carbonyl (C=O) groups excluding carboxylic acids is 4. The minimum atomic E-state index is -1.38. The third-order valence-electron chi connectivity index (χ3n) is 3.51. The summed E-state index contributed by atoms with van der Waals surface area (Å²) in [6.07, 6.45) is 0.117. The third-order valence-corrected chi connectivity index (χ3v) is 3.51. The minimum Gasteiger partial charge on any atom is -0.466 e. The van der Waals surface area contributed by atoms with Crippen molar-refractivity contribution < 1.29 is 33.4 Å². The van der Waals surface area contributed by atoms with Crippen molar-refractivity contribution in [3.63, 3.8) is 0 Å². The molecular formula is C15H24N2O7. The average Bonchev–Trinajstić information content (AvgIpc) is 3.05. The van der Waals surface area contributed by atoms with Gasteiger partial charge in [-0.05, 0) is 26.7 Å². The number of esters is 2. The van der Waals surface area contributed by atoms with Crippen LogP contribution in [0.25, 0.3) is 0 Å². The van der Waals surface area contributed by atoms with Gasteiger partial charge in [-0.2, -0.15) is 0 Å². The Morgan fingerprint density at radius 3 is 2.38 bits per heavy atom. The van der Waals surface area contributed by atoms with E-state index in [-0.39, 0.29) is 13.2 Å². The quantitative estimate of drug-likeness (QED) is 0.526. The van der Waals surface area contributed by atoms with Crippen molar-refractivity contribution in [2.45, 2.75) is 45.3 Å². The Morgan fingerprint density at radius 1 is 1.21 bits per heavy atom. The zero-order valence-corrected chi connectivity index (χ0v) is 13.9. The van der Waals surface area contributed by atoms with E-state index in [0.29, 0.717) is 13.0 Å². The van der Waals surface area contributed by atoms with Gasteiger partial charge < -0.3 is 25.3 Å². The van der Waals surface area contributed by atoms with E-state index in [1.54, 1.807) is 13.8 Å². The topological polar surface area (TPSA) is 134 Å². The summed E-state index contributed by atoms with van der Waals surface area (Å²) < 4.78 is 14.9. The van der Waals surface area contributed by atoms with Crippen molar-refractivity contribution in [1.29, 1.82) is 0 Å². The number of nitrogens with two attached hydrogens (primary N) is 1. The molecule has 1 rings (SSSR count). The fraction of sp³-hybridized carbons (Fsp3) is 0.733. The molecule has 9 nitrogen and oxygen atoms in total. The molecule has 0 aromatic rings. The summed E-state index contributed by atoms with van der Waals surface area (Å²) in [6.45, 7) is 3.83. The number of amides is 2. The summed E-state index contributed by atoms with van der Waals surface area (Å²) in [6, 6.07) is -1.38. The van der Waals surface area contributed by atoms with Crippen LogP contribution >= 0.6 is 0 Å². The van der Waals surface area contributed by atoms with Crippen molar-refractivity contribution in [3.05, 3.63) is 0 Å². The number of carbonyl (C=O) groups is 4. The monoisotopic (exact) mass is 344 g/mol. The first-order valence-electron chi connectivity index (χ1n) is 7.94. The molecule has 0 spiro atoms. The van der Waals surface area contributed by atoms with Crippen LogP contribution in [0, 0.1) is 5.92 Å². The maximum absolute atomic E-state index is 12.1. The van der Waals surface area contributed by atoms with Gasteiger partial charge in [0.15, 0.2) is 0 Å². The second kappa shape index (κ2) is 9.86. The second-order valence-corrected chi connectivity index (χ2v) is 5.26. The van der Waals surface area contributed by atoms with Crippen LogP contribution in [0.5, 0.6) is 0 Å². The lowest BCUT2D eigenvalue weighted by molar-refractivity contribution is -0.157. The van der Waals surface area contributed by atoms with Crippen molar-refractivity contribution in [3.8, 4) is 0 Å². The smallest absolute Gasteiger partial charge is 0.312 e. The molecular weight excluding hydrogens is 320 g/mol. The molecule has 0 bridgehead atoms. The third kappa shape index (κ3) is 5.80. The Labute approximate surface area is 140 Å². The summed E-state index contributed by atoms with van der Waals surface area (Å²) in [5.74, 6) is -4.24. The lowest BCUT2D eigenvalue weighted by Crippen LogP contribution is -2.54. The normalized spacial score (nSPS) is 19.2. The van der Waals surface area contributed by atoms with Crippen molar-refractivity contribution in [2.24, 2.45) is 11.7 Å². The fourth-order valence-corrected chi connectivity index (χ4v) is 2.39. The maximum Gasteiger partial charge on any atom is 0.312 e. The number of hydrogen-bond acceptors (Lipinski definition) is 7. The van der Waals surface area contributed by atoms with Gasteiger partial charge in [-0.25, -0.2) is 0 Å². The van der Waals surface area contributed by atoms with Gasteiger partial charge in [-0.1, -0.05) is 0 Å². The van der Waals surface area contributed by atoms with E-state index >= 15 is 0 Å². The Bertz CT molecular complexity index is 474. The van der Waals surface area contributed by atoms with Gasteiger partial charge in [-0.3, -0.25) is 19.2 Å². The van der Waals surface area contributed by atoms with Crippen LogP contribution in [-0.4, -0.2) is 55.7 Å². The van der Waals surface area contributed by atoms with Crippen LogP contribution < -0.4 is 11.1 Å². The predicted octanol–water partition coefficient (Wildman–Crippen LogP) is -0.732. The molecule has 1 aliphatic rings. The molecule has 1 saturated heterocycles. The number of nitrogens with one attached hydrogen (secondary N) is 1. The lowest BCUT2D eigenvalue weighted by Gasteiger charge is -2.24. The van der Waals surface area contributed by atoms with Gasteiger partial charge in [0.2, 0.25) is 11.8 Å². The Morgan fingerprint density at radius 2 is 1.88 bits per heavy atom. The Kier molecular flexibility index (Phi) is 8.17. The summed E-state index contributed by atoms with van der Waals surface area (Å²) in [5, 5.41) is 2.40. The standard InChI is InChI=1S/C15H24N2O7/c1-3-22-11(18)8-9(15(21)23-4-2)12(13(16)19)17-14(20)10-6-5-7-24-10/h9-10,12H,3-8H2,1-2H3,(H2,16,19)(H,17,20)/t9-,10-,12+/m0/s1. The van der Waals surface area contributed by atoms with Gasteiger partial charge in [0, 0.05) is 6.61 Å². The summed E-state index contributed by atoms with van der Waals surface area (Å²) >= 11 is 0. The fourth-order valence-electron chi connectivity index (χ4n) is 2.39. The molecule has 0 aromatic carbocycles. The van der Waals surface area contributed by atoms with Crippen LogP contribution in [-0.2, 0) is 33.4 Å². The van der Waals surface area contributed by atoms with Crippen molar-refractivity contribution in [2.75, 3.05) is 19.8 Å². The van der Waals surface area contributed by atoms with Gasteiger partial charge in [0.05, 0.1) is 25.6 Å². The van der Waals surface area contributed by atoms with Crippen molar-refractivity contribution >= 4 is 23.8 Å². The van der Waals surface area contributed by atoms with E-state index in [4.69, 9.17) is 19.9 Å². The molecule has 3 atom stereocenters. The molecule has 0 aliphatic carbocycles. The van der Waals surface area contributed by atoms with Gasteiger partial charge in [0.1, 0.15) is 12.1 Å². The molecule has 136 valence electrons. The maximum atomic E-state index is 12.1. The number of rotatable bonds is 9. The van der Waals surface area contributed by atoms with Crippen LogP contribution in [0.2, 0.25) is 0 Å². The molecule has 0 radical (unpaired) electrons. The SMILES string of the molecule is CCOC(=O)C[C@H](C(=O)OCC)[C@@H](NC(=O)[C@@H]1CCCO1)C(N)=O. The average molecular weight is 344 g/mol. The number of ether oxygens (including phenoxy) is 3. The Balaban J connectivity index is 2.89. The molecule has 1 heterocycles. The van der Waals surface area contributed by atoms with Gasteiger partial charge >= 0.3 is 11.9 Å². The first kappa shape index (κ1) is 19.9. The van der Waals surface area contributed by atoms with Crippen molar-refractivity contribution in [1.82, 2.24) is 5.32 Å². The largest absolute Gasteiger partial charge is 0.466 e. The lowest BCUT2D eigenvalue weighted by atomic mass is 9.95. The molecule has 3 N–H and O–H groups in total. The van der Waals surface area contributed by atoms with E-state index in [0.717, 1.165) is 6.42 Å². The summed E-state index contributed by atoms with van der Waals surface area (Å²) in [5.41, 5.74) is 5.31. The molecule has 2 amide bonds. The number of hydrogen-bond donors (Lipinski definition) is 2. The van der Waals surface area contributed by atoms with Crippen LogP contribution in [0.1, 0.15) is 33.1 Å². The van der Waals surface area contributed by atoms with Crippen LogP contribution in [0.15, 0.2) is 0 Å². The first-order chi connectivity index (χ1) is 11.4. The molecule has 1 fully saturated rings. The molecule has 9 heteroatoms. The van der Waals surface area contributed by atoms with Crippen LogP contribution in [0.4, 0.5) is 0 Å². The zero-order valence-electron chi connectivity index (χ0n) is 13.9. The molecule has 0 unspecified atom stereocenters. The van der Waals surface area contributed by atoms with E-state index in [2.05, 4.69) is 5.32 Å². The summed E-state index contributed by atoms with van der Waals surface area (Å²) in [4.78, 5) is 47.7. The summed E-state index contributed by atoms with van der Waals surface area (Å²) in [7, 11) is 0. The Hall–Kier alpha value is -2.16. The van der Waals surface area contributed by atoms with Gasteiger partial charge in [0.25, 0.3) is 0 Å². The highest BCUT2D eigenvalue weighted by molar-refractivity contribution is 5.93. The van der Waals surface area contributed by atoms with E-state index in [1.165, 1.54) is 0 Å². The zero-order chi connectivity index (χ0) is 18.1. The second-order valence-electron chi connectivity index (χ2n) is 5.26. The first-order valence-corrected chi connectivity index (χ1v) is 7.94. The molecule has 24 heavy (non-hydrogen) atoms. The van der Waals surface area contributed by atoms with E-state index in [1.807, 2.05) is 0 Å². The highest BCUT2D eigenvalue weighted by Gasteiger charge is 2.38. The minimum absolute atomic E-state index is 0.0589. The highest BCUT2D eigenvalue weighted by atomic mass is 16.5. The van der Waals surface area contributed by atoms with E-state index < -0.39 is 48.2 Å². The van der Waals surface area contributed by atoms with Crippen LogP contribution in [0.3, 0.4) is 0 Å². The molecule has 0 saturated carbocycles. The van der Waals surface area contributed by atoms with E-state index in [9.17, 15) is 19.2 Å².